The topological polar surface area (TPSA) is 83.5 Å². The molecule has 0 spiro atoms. The van der Waals surface area contributed by atoms with Gasteiger partial charge in [-0.15, -0.1) is 0 Å². The van der Waals surface area contributed by atoms with E-state index in [0.717, 1.165) is 12.0 Å². The predicted octanol–water partition coefficient (Wildman–Crippen LogP) is 3.19. The smallest absolute Gasteiger partial charge is 0.325 e. The third-order valence-corrected chi connectivity index (χ3v) is 3.38. The zero-order valence-electron chi connectivity index (χ0n) is 12.9. The van der Waals surface area contributed by atoms with Gasteiger partial charge in [-0.1, -0.05) is 40.7 Å². The van der Waals surface area contributed by atoms with E-state index in [4.69, 9.17) is 10.8 Å². The summed E-state index contributed by atoms with van der Waals surface area (Å²) < 4.78 is 0. The van der Waals surface area contributed by atoms with Gasteiger partial charge in [0.2, 0.25) is 0 Å². The Balaban J connectivity index is 3.21. The number of benzene rings is 1. The molecule has 0 aliphatic heterocycles. The van der Waals surface area contributed by atoms with E-state index in [-0.39, 0.29) is 22.1 Å². The third kappa shape index (κ3) is 3.97. The first kappa shape index (κ1) is 16.5. The van der Waals surface area contributed by atoms with Gasteiger partial charge in [0, 0.05) is 5.56 Å². The van der Waals surface area contributed by atoms with E-state index in [1.807, 2.05) is 6.07 Å². The van der Waals surface area contributed by atoms with E-state index in [2.05, 4.69) is 34.6 Å². The highest BCUT2D eigenvalue weighted by molar-refractivity contribution is 5.76. The molecular formula is C16H25NO3. The van der Waals surface area contributed by atoms with Gasteiger partial charge in [0.25, 0.3) is 0 Å². The van der Waals surface area contributed by atoms with Gasteiger partial charge < -0.3 is 15.9 Å². The average molecular weight is 279 g/mol. The largest absolute Gasteiger partial charge is 0.508 e. The first-order valence-electron chi connectivity index (χ1n) is 6.76. The van der Waals surface area contributed by atoms with Crippen LogP contribution < -0.4 is 5.73 Å². The number of phenolic OH excluding ortho intramolecular Hbond substituents is 1. The van der Waals surface area contributed by atoms with E-state index in [0.29, 0.717) is 0 Å². The van der Waals surface area contributed by atoms with Gasteiger partial charge in [0.15, 0.2) is 0 Å². The van der Waals surface area contributed by atoms with Crippen molar-refractivity contribution in [3.05, 3.63) is 29.3 Å². The minimum atomic E-state index is -1.21. The van der Waals surface area contributed by atoms with Gasteiger partial charge in [-0.2, -0.15) is 0 Å². The molecule has 0 fully saturated rings. The van der Waals surface area contributed by atoms with Crippen molar-refractivity contribution in [1.82, 2.24) is 0 Å². The molecule has 4 nitrogen and oxygen atoms in total. The van der Waals surface area contributed by atoms with Crippen LogP contribution in [0.3, 0.4) is 0 Å². The second kappa shape index (κ2) is 5.44. The SMILES string of the molecule is CC(C)(C)CC(C)(C)c1ccc(O)c(C(N)C(=O)O)c1. The molecule has 1 unspecified atom stereocenters. The lowest BCUT2D eigenvalue weighted by molar-refractivity contribution is -0.138. The molecule has 0 saturated carbocycles. The second-order valence-corrected chi connectivity index (χ2v) is 7.21. The Morgan fingerprint density at radius 2 is 1.80 bits per heavy atom. The van der Waals surface area contributed by atoms with Crippen molar-refractivity contribution in [2.75, 3.05) is 0 Å². The maximum atomic E-state index is 11.0. The molecule has 0 heterocycles. The summed E-state index contributed by atoms with van der Waals surface area (Å²) in [4.78, 5) is 11.0. The summed E-state index contributed by atoms with van der Waals surface area (Å²) in [5, 5.41) is 18.8. The molecule has 0 aromatic heterocycles. The van der Waals surface area contributed by atoms with Gasteiger partial charge in [-0.25, -0.2) is 0 Å². The number of nitrogens with two attached hydrogens (primary N) is 1. The molecule has 0 radical (unpaired) electrons. The number of aromatic hydroxyl groups is 1. The molecule has 1 aromatic carbocycles. The van der Waals surface area contributed by atoms with E-state index in [1.165, 1.54) is 6.07 Å². The zero-order chi connectivity index (χ0) is 15.7. The van der Waals surface area contributed by atoms with Crippen LogP contribution in [0.15, 0.2) is 18.2 Å². The molecule has 0 saturated heterocycles. The Morgan fingerprint density at radius 3 is 2.25 bits per heavy atom. The highest BCUT2D eigenvalue weighted by Crippen LogP contribution is 2.38. The summed E-state index contributed by atoms with van der Waals surface area (Å²) in [7, 11) is 0. The number of hydrogen-bond acceptors (Lipinski definition) is 3. The van der Waals surface area contributed by atoms with Crippen LogP contribution in [0.1, 0.15) is 58.2 Å². The highest BCUT2D eigenvalue weighted by atomic mass is 16.4. The highest BCUT2D eigenvalue weighted by Gasteiger charge is 2.29. The first-order valence-corrected chi connectivity index (χ1v) is 6.76. The van der Waals surface area contributed by atoms with Crippen molar-refractivity contribution in [1.29, 1.82) is 0 Å². The monoisotopic (exact) mass is 279 g/mol. The molecule has 4 heteroatoms. The van der Waals surface area contributed by atoms with Crippen molar-refractivity contribution in [3.8, 4) is 5.75 Å². The Bertz CT molecular complexity index is 501. The number of hydrogen-bond donors (Lipinski definition) is 3. The van der Waals surface area contributed by atoms with Crippen molar-refractivity contribution >= 4 is 5.97 Å². The van der Waals surface area contributed by atoms with Gasteiger partial charge in [-0.05, 0) is 34.9 Å². The summed E-state index contributed by atoms with van der Waals surface area (Å²) in [5.41, 5.74) is 6.89. The molecule has 112 valence electrons. The summed E-state index contributed by atoms with van der Waals surface area (Å²) in [6, 6.07) is 3.86. The van der Waals surface area contributed by atoms with Crippen molar-refractivity contribution < 1.29 is 15.0 Å². The molecule has 1 atom stereocenters. The van der Waals surface area contributed by atoms with Crippen molar-refractivity contribution in [2.24, 2.45) is 11.1 Å². The average Bonchev–Trinajstić information content (AvgIpc) is 2.25. The molecule has 1 aromatic rings. The predicted molar refractivity (Wildman–Crippen MR) is 79.8 cm³/mol. The van der Waals surface area contributed by atoms with Crippen molar-refractivity contribution in [3.63, 3.8) is 0 Å². The van der Waals surface area contributed by atoms with Gasteiger partial charge >= 0.3 is 5.97 Å². The summed E-state index contributed by atoms with van der Waals surface area (Å²) in [6.07, 6.45) is 0.937. The minimum absolute atomic E-state index is 0.0739. The normalized spacial score (nSPS) is 14.1. The number of phenols is 1. The number of rotatable bonds is 4. The van der Waals surface area contributed by atoms with Crippen molar-refractivity contribution in [2.45, 2.75) is 52.5 Å². The number of carboxylic acids is 1. The molecule has 4 N–H and O–H groups in total. The first-order chi connectivity index (χ1) is 8.94. The van der Waals surface area contributed by atoms with E-state index >= 15 is 0 Å². The number of carboxylic acid groups (broad SMARTS) is 1. The van der Waals surface area contributed by atoms with Crippen LogP contribution in [0.25, 0.3) is 0 Å². The Hall–Kier alpha value is -1.55. The lowest BCUT2D eigenvalue weighted by Gasteiger charge is -2.33. The fraction of sp³-hybridized carbons (Fsp3) is 0.562. The molecule has 0 aliphatic rings. The Labute approximate surface area is 120 Å². The van der Waals surface area contributed by atoms with Crippen LogP contribution in [0.2, 0.25) is 0 Å². The van der Waals surface area contributed by atoms with E-state index < -0.39 is 12.0 Å². The Kier molecular flexibility index (Phi) is 4.49. The quantitative estimate of drug-likeness (QED) is 0.790. The van der Waals surface area contributed by atoms with Gasteiger partial charge in [0.1, 0.15) is 11.8 Å². The second-order valence-electron chi connectivity index (χ2n) is 7.21. The molecular weight excluding hydrogens is 254 g/mol. The minimum Gasteiger partial charge on any atom is -0.508 e. The van der Waals surface area contributed by atoms with E-state index in [1.54, 1.807) is 6.07 Å². The molecule has 0 aliphatic carbocycles. The van der Waals surface area contributed by atoms with Crippen LogP contribution in [0, 0.1) is 5.41 Å². The van der Waals surface area contributed by atoms with Gasteiger partial charge in [0.05, 0.1) is 0 Å². The van der Waals surface area contributed by atoms with Crippen LogP contribution in [0.4, 0.5) is 0 Å². The van der Waals surface area contributed by atoms with Crippen LogP contribution in [-0.4, -0.2) is 16.2 Å². The van der Waals surface area contributed by atoms with Crippen LogP contribution in [-0.2, 0) is 10.2 Å². The maximum Gasteiger partial charge on any atom is 0.325 e. The standard InChI is InChI=1S/C16H25NO3/c1-15(2,3)9-16(4,5)10-6-7-12(18)11(8-10)13(17)14(19)20/h6-8,13,18H,9,17H2,1-5H3,(H,19,20). The molecule has 0 amide bonds. The number of aliphatic carboxylic acids is 1. The summed E-state index contributed by atoms with van der Waals surface area (Å²) in [5.74, 6) is -1.22. The summed E-state index contributed by atoms with van der Waals surface area (Å²) in [6.45, 7) is 10.7. The summed E-state index contributed by atoms with van der Waals surface area (Å²) >= 11 is 0. The zero-order valence-corrected chi connectivity index (χ0v) is 12.9. The third-order valence-electron chi connectivity index (χ3n) is 3.38. The number of carbonyl (C=O) groups is 1. The lowest BCUT2D eigenvalue weighted by Crippen LogP contribution is -2.26. The maximum absolute atomic E-state index is 11.0. The molecule has 20 heavy (non-hydrogen) atoms. The van der Waals surface area contributed by atoms with Crippen LogP contribution >= 0.6 is 0 Å². The fourth-order valence-electron chi connectivity index (χ4n) is 2.79. The fourth-order valence-corrected chi connectivity index (χ4v) is 2.79. The molecule has 1 rings (SSSR count). The lowest BCUT2D eigenvalue weighted by atomic mass is 9.72. The Morgan fingerprint density at radius 1 is 1.25 bits per heavy atom. The molecule has 0 bridgehead atoms. The van der Waals surface area contributed by atoms with E-state index in [9.17, 15) is 9.90 Å². The van der Waals surface area contributed by atoms with Gasteiger partial charge in [-0.3, -0.25) is 4.79 Å². The van der Waals surface area contributed by atoms with Crippen LogP contribution in [0.5, 0.6) is 5.75 Å².